The predicted molar refractivity (Wildman–Crippen MR) is 47.9 cm³/mol. The number of carbonyl (C=O) groups is 1. The van der Waals surface area contributed by atoms with Gasteiger partial charge >= 0.3 is 5.97 Å². The third-order valence-corrected chi connectivity index (χ3v) is 3.06. The second-order valence-corrected chi connectivity index (χ2v) is 4.25. The van der Waals surface area contributed by atoms with Crippen LogP contribution in [0.15, 0.2) is 0 Å². The average Bonchev–Trinajstić information content (AvgIpc) is 1.96. The van der Waals surface area contributed by atoms with Crippen LogP contribution in [0.25, 0.3) is 0 Å². The molecule has 1 N–H and O–H groups in total. The molecular weight excluding hydrogens is 152 g/mol. The molecule has 0 aromatic heterocycles. The first-order valence-electron chi connectivity index (χ1n) is 4.81. The van der Waals surface area contributed by atoms with Crippen LogP contribution >= 0.6 is 0 Å². The van der Waals surface area contributed by atoms with Gasteiger partial charge in [-0.1, -0.05) is 26.7 Å². The molecule has 3 atom stereocenters. The second kappa shape index (κ2) is 3.92. The summed E-state index contributed by atoms with van der Waals surface area (Å²) < 4.78 is 0. The molecule has 1 saturated carbocycles. The van der Waals surface area contributed by atoms with E-state index in [1.807, 2.05) is 0 Å². The average molecular weight is 170 g/mol. The van der Waals surface area contributed by atoms with Gasteiger partial charge in [0.05, 0.1) is 0 Å². The molecule has 0 aliphatic heterocycles. The number of rotatable bonds is 2. The van der Waals surface area contributed by atoms with Crippen LogP contribution in [-0.2, 0) is 4.79 Å². The van der Waals surface area contributed by atoms with E-state index in [4.69, 9.17) is 5.11 Å². The van der Waals surface area contributed by atoms with E-state index in [2.05, 4.69) is 13.8 Å². The van der Waals surface area contributed by atoms with Crippen molar-refractivity contribution >= 4 is 5.97 Å². The Balaban J connectivity index is 2.43. The van der Waals surface area contributed by atoms with Gasteiger partial charge in [0.2, 0.25) is 0 Å². The first kappa shape index (κ1) is 9.56. The highest BCUT2D eigenvalue weighted by atomic mass is 16.4. The Morgan fingerprint density at radius 1 is 1.42 bits per heavy atom. The molecule has 1 fully saturated rings. The molecule has 0 saturated heterocycles. The lowest BCUT2D eigenvalue weighted by atomic mass is 9.74. The molecule has 2 nitrogen and oxygen atoms in total. The molecule has 0 heterocycles. The topological polar surface area (TPSA) is 37.3 Å². The summed E-state index contributed by atoms with van der Waals surface area (Å²) in [5.41, 5.74) is 0. The Morgan fingerprint density at radius 2 is 2.08 bits per heavy atom. The smallest absolute Gasteiger partial charge is 0.303 e. The highest BCUT2D eigenvalue weighted by Gasteiger charge is 2.26. The Morgan fingerprint density at radius 3 is 2.67 bits per heavy atom. The van der Waals surface area contributed by atoms with Crippen molar-refractivity contribution in [2.75, 3.05) is 0 Å². The molecule has 12 heavy (non-hydrogen) atoms. The molecule has 2 heteroatoms. The van der Waals surface area contributed by atoms with Crippen molar-refractivity contribution in [1.82, 2.24) is 0 Å². The van der Waals surface area contributed by atoms with E-state index in [-0.39, 0.29) is 0 Å². The van der Waals surface area contributed by atoms with E-state index in [1.165, 1.54) is 12.8 Å². The molecular formula is C10H18O2. The van der Waals surface area contributed by atoms with E-state index in [1.54, 1.807) is 0 Å². The number of aliphatic carboxylic acids is 1. The minimum absolute atomic E-state index is 0.367. The number of hydrogen-bond acceptors (Lipinski definition) is 1. The lowest BCUT2D eigenvalue weighted by Gasteiger charge is -2.31. The van der Waals surface area contributed by atoms with Crippen molar-refractivity contribution in [3.63, 3.8) is 0 Å². The Bertz CT molecular complexity index is 165. The molecule has 0 spiro atoms. The van der Waals surface area contributed by atoms with Crippen molar-refractivity contribution in [3.05, 3.63) is 0 Å². The maximum atomic E-state index is 10.5. The maximum absolute atomic E-state index is 10.5. The van der Waals surface area contributed by atoms with Crippen molar-refractivity contribution in [3.8, 4) is 0 Å². The number of hydrogen-bond donors (Lipinski definition) is 1. The Hall–Kier alpha value is -0.530. The van der Waals surface area contributed by atoms with Crippen molar-refractivity contribution in [1.29, 1.82) is 0 Å². The molecule has 3 unspecified atom stereocenters. The zero-order chi connectivity index (χ0) is 9.14. The molecule has 70 valence electrons. The van der Waals surface area contributed by atoms with E-state index < -0.39 is 5.97 Å². The van der Waals surface area contributed by atoms with Crippen molar-refractivity contribution in [2.45, 2.75) is 39.5 Å². The van der Waals surface area contributed by atoms with Crippen LogP contribution in [0.2, 0.25) is 0 Å². The van der Waals surface area contributed by atoms with Crippen LogP contribution in [0.4, 0.5) is 0 Å². The molecule has 0 radical (unpaired) electrons. The first-order valence-corrected chi connectivity index (χ1v) is 4.81. The Labute approximate surface area is 74.0 Å². The standard InChI is InChI=1S/C10H18O2/c1-7-3-4-8(2)9(5-7)6-10(11)12/h7-9H,3-6H2,1-2H3,(H,11,12). The van der Waals surface area contributed by atoms with Crippen molar-refractivity contribution < 1.29 is 9.90 Å². The quantitative estimate of drug-likeness (QED) is 0.691. The fourth-order valence-corrected chi connectivity index (χ4v) is 2.16. The van der Waals surface area contributed by atoms with Gasteiger partial charge < -0.3 is 5.11 Å². The highest BCUT2D eigenvalue weighted by molar-refractivity contribution is 5.67. The minimum Gasteiger partial charge on any atom is -0.481 e. The van der Waals surface area contributed by atoms with E-state index >= 15 is 0 Å². The summed E-state index contributed by atoms with van der Waals surface area (Å²) in [7, 11) is 0. The molecule has 1 rings (SSSR count). The molecule has 0 aromatic rings. The summed E-state index contributed by atoms with van der Waals surface area (Å²) in [6, 6.07) is 0. The summed E-state index contributed by atoms with van der Waals surface area (Å²) in [6.07, 6.45) is 3.95. The summed E-state index contributed by atoms with van der Waals surface area (Å²) in [5.74, 6) is 1.12. The van der Waals surface area contributed by atoms with Gasteiger partial charge in [-0.25, -0.2) is 0 Å². The summed E-state index contributed by atoms with van der Waals surface area (Å²) in [4.78, 5) is 10.5. The fraction of sp³-hybridized carbons (Fsp3) is 0.900. The third-order valence-electron chi connectivity index (χ3n) is 3.06. The van der Waals surface area contributed by atoms with Gasteiger partial charge in [-0.05, 0) is 24.2 Å². The molecule has 0 aromatic carbocycles. The van der Waals surface area contributed by atoms with Gasteiger partial charge in [0.15, 0.2) is 0 Å². The van der Waals surface area contributed by atoms with Crippen LogP contribution < -0.4 is 0 Å². The first-order chi connectivity index (χ1) is 5.59. The molecule has 1 aliphatic carbocycles. The van der Waals surface area contributed by atoms with Crippen molar-refractivity contribution in [2.24, 2.45) is 17.8 Å². The van der Waals surface area contributed by atoms with Crippen LogP contribution in [0, 0.1) is 17.8 Å². The summed E-state index contributed by atoms with van der Waals surface area (Å²) >= 11 is 0. The van der Waals surface area contributed by atoms with E-state index in [9.17, 15) is 4.79 Å². The third kappa shape index (κ3) is 2.50. The van der Waals surface area contributed by atoms with Crippen LogP contribution in [0.3, 0.4) is 0 Å². The zero-order valence-corrected chi connectivity index (χ0v) is 7.92. The normalized spacial score (nSPS) is 36.3. The maximum Gasteiger partial charge on any atom is 0.303 e. The van der Waals surface area contributed by atoms with Gasteiger partial charge in [0.1, 0.15) is 0 Å². The second-order valence-electron chi connectivity index (χ2n) is 4.25. The van der Waals surface area contributed by atoms with E-state index in [0.29, 0.717) is 18.3 Å². The molecule has 1 aliphatic rings. The minimum atomic E-state index is -0.638. The van der Waals surface area contributed by atoms with Gasteiger partial charge in [-0.2, -0.15) is 0 Å². The van der Waals surface area contributed by atoms with Gasteiger partial charge in [0.25, 0.3) is 0 Å². The summed E-state index contributed by atoms with van der Waals surface area (Å²) in [5, 5.41) is 8.67. The monoisotopic (exact) mass is 170 g/mol. The lowest BCUT2D eigenvalue weighted by Crippen LogP contribution is -2.23. The van der Waals surface area contributed by atoms with Gasteiger partial charge in [0, 0.05) is 6.42 Å². The SMILES string of the molecule is CC1CCC(C)C(CC(=O)O)C1. The van der Waals surface area contributed by atoms with Crippen LogP contribution in [-0.4, -0.2) is 11.1 Å². The molecule has 0 bridgehead atoms. The van der Waals surface area contributed by atoms with Gasteiger partial charge in [-0.3, -0.25) is 4.79 Å². The number of carboxylic acids is 1. The Kier molecular flexibility index (Phi) is 3.12. The van der Waals surface area contributed by atoms with E-state index in [0.717, 1.165) is 12.3 Å². The van der Waals surface area contributed by atoms with Gasteiger partial charge in [-0.15, -0.1) is 0 Å². The highest BCUT2D eigenvalue weighted by Crippen LogP contribution is 2.35. The number of carboxylic acid groups (broad SMARTS) is 1. The summed E-state index contributed by atoms with van der Waals surface area (Å²) in [6.45, 7) is 4.40. The fourth-order valence-electron chi connectivity index (χ4n) is 2.16. The zero-order valence-electron chi connectivity index (χ0n) is 7.92. The largest absolute Gasteiger partial charge is 0.481 e. The van der Waals surface area contributed by atoms with Crippen LogP contribution in [0.5, 0.6) is 0 Å². The van der Waals surface area contributed by atoms with Crippen LogP contribution in [0.1, 0.15) is 39.5 Å². The molecule has 0 amide bonds. The lowest BCUT2D eigenvalue weighted by molar-refractivity contribution is -0.138. The predicted octanol–water partition coefficient (Wildman–Crippen LogP) is 2.53.